The van der Waals surface area contributed by atoms with E-state index in [1.807, 2.05) is 18.2 Å². The summed E-state index contributed by atoms with van der Waals surface area (Å²) in [5.41, 5.74) is 1.79. The Bertz CT molecular complexity index is 1030. The zero-order chi connectivity index (χ0) is 18.7. The number of amides is 1. The predicted octanol–water partition coefficient (Wildman–Crippen LogP) is 4.76. The highest BCUT2D eigenvalue weighted by Gasteiger charge is 2.14. The summed E-state index contributed by atoms with van der Waals surface area (Å²) >= 11 is 12.2. The molecule has 0 atom stereocenters. The van der Waals surface area contributed by atoms with E-state index in [4.69, 9.17) is 23.2 Å². The van der Waals surface area contributed by atoms with Crippen molar-refractivity contribution in [1.29, 1.82) is 0 Å². The van der Waals surface area contributed by atoms with E-state index < -0.39 is 5.91 Å². The first-order valence-corrected chi connectivity index (χ1v) is 8.72. The van der Waals surface area contributed by atoms with Crippen LogP contribution in [0.4, 0.5) is 5.69 Å². The Kier molecular flexibility index (Phi) is 5.45. The average molecular weight is 387 g/mol. The van der Waals surface area contributed by atoms with Gasteiger partial charge in [-0.1, -0.05) is 47.5 Å². The van der Waals surface area contributed by atoms with Crippen molar-refractivity contribution in [2.75, 3.05) is 5.32 Å². The van der Waals surface area contributed by atoms with Crippen molar-refractivity contribution >= 4 is 34.8 Å². The van der Waals surface area contributed by atoms with Gasteiger partial charge in [-0.3, -0.25) is 9.59 Å². The lowest BCUT2D eigenvalue weighted by molar-refractivity contribution is 0.102. The number of nitrogens with one attached hydrogen (secondary N) is 1. The lowest BCUT2D eigenvalue weighted by Crippen LogP contribution is -2.29. The molecular weight excluding hydrogens is 371 g/mol. The van der Waals surface area contributed by atoms with Crippen LogP contribution in [-0.4, -0.2) is 10.5 Å². The second kappa shape index (κ2) is 7.77. The molecule has 3 rings (SSSR count). The van der Waals surface area contributed by atoms with Gasteiger partial charge >= 0.3 is 0 Å². The molecule has 0 saturated carbocycles. The molecule has 0 fully saturated rings. The quantitative estimate of drug-likeness (QED) is 0.702. The second-order valence-electron chi connectivity index (χ2n) is 5.81. The van der Waals surface area contributed by atoms with Crippen molar-refractivity contribution in [3.05, 3.63) is 97.9 Å². The highest BCUT2D eigenvalue weighted by Crippen LogP contribution is 2.23. The number of hydrogen-bond donors (Lipinski definition) is 1. The van der Waals surface area contributed by atoms with Crippen LogP contribution in [0.5, 0.6) is 0 Å². The molecule has 0 aliphatic carbocycles. The van der Waals surface area contributed by atoms with Crippen LogP contribution in [0, 0.1) is 6.92 Å². The molecule has 26 heavy (non-hydrogen) atoms. The molecule has 0 saturated heterocycles. The highest BCUT2D eigenvalue weighted by atomic mass is 35.5. The van der Waals surface area contributed by atoms with Gasteiger partial charge < -0.3 is 9.88 Å². The summed E-state index contributed by atoms with van der Waals surface area (Å²) in [6, 6.07) is 15.7. The zero-order valence-electron chi connectivity index (χ0n) is 14.0. The third kappa shape index (κ3) is 3.82. The van der Waals surface area contributed by atoms with Crippen molar-refractivity contribution in [1.82, 2.24) is 4.57 Å². The molecule has 1 amide bonds. The minimum atomic E-state index is -0.478. The van der Waals surface area contributed by atoms with Crippen LogP contribution in [0.3, 0.4) is 0 Å². The maximum Gasteiger partial charge on any atom is 0.263 e. The predicted molar refractivity (Wildman–Crippen MR) is 105 cm³/mol. The Balaban J connectivity index is 1.89. The van der Waals surface area contributed by atoms with Crippen LogP contribution >= 0.6 is 23.2 Å². The van der Waals surface area contributed by atoms with Crippen LogP contribution in [-0.2, 0) is 6.54 Å². The van der Waals surface area contributed by atoms with Gasteiger partial charge in [-0.2, -0.15) is 0 Å². The molecule has 0 aliphatic heterocycles. The Labute approximate surface area is 161 Å². The average Bonchev–Trinajstić information content (AvgIpc) is 2.62. The fourth-order valence-corrected chi connectivity index (χ4v) is 2.95. The van der Waals surface area contributed by atoms with E-state index in [1.54, 1.807) is 43.5 Å². The number of anilines is 1. The maximum absolute atomic E-state index is 12.7. The fourth-order valence-electron chi connectivity index (χ4n) is 2.58. The van der Waals surface area contributed by atoms with Crippen LogP contribution in [0.1, 0.15) is 21.5 Å². The normalized spacial score (nSPS) is 10.6. The molecule has 0 unspecified atom stereocenters. The fraction of sp³-hybridized carbons (Fsp3) is 0.100. The SMILES string of the molecule is Cc1c(Cl)cccc1NC(=O)c1cccn(Cc2ccccc2Cl)c1=O. The minimum Gasteiger partial charge on any atom is -0.322 e. The van der Waals surface area contributed by atoms with Crippen LogP contribution in [0.2, 0.25) is 10.0 Å². The Hall–Kier alpha value is -2.56. The molecule has 1 N–H and O–H groups in total. The lowest BCUT2D eigenvalue weighted by Gasteiger charge is -2.11. The number of benzene rings is 2. The van der Waals surface area contributed by atoms with Crippen molar-refractivity contribution in [3.8, 4) is 0 Å². The molecule has 4 nitrogen and oxygen atoms in total. The zero-order valence-corrected chi connectivity index (χ0v) is 15.5. The van der Waals surface area contributed by atoms with Crippen LogP contribution in [0.15, 0.2) is 65.6 Å². The number of halogens is 2. The van der Waals surface area contributed by atoms with Gasteiger partial charge in [-0.15, -0.1) is 0 Å². The summed E-state index contributed by atoms with van der Waals surface area (Å²) in [7, 11) is 0. The summed E-state index contributed by atoms with van der Waals surface area (Å²) in [6.45, 7) is 2.09. The Morgan fingerprint density at radius 3 is 2.50 bits per heavy atom. The Morgan fingerprint density at radius 2 is 1.73 bits per heavy atom. The molecule has 0 radical (unpaired) electrons. The van der Waals surface area contributed by atoms with Crippen molar-refractivity contribution in [3.63, 3.8) is 0 Å². The van der Waals surface area contributed by atoms with Crippen molar-refractivity contribution in [2.45, 2.75) is 13.5 Å². The number of pyridine rings is 1. The third-order valence-electron chi connectivity index (χ3n) is 4.08. The number of carbonyl (C=O) groups is 1. The molecule has 0 bridgehead atoms. The maximum atomic E-state index is 12.7. The molecule has 1 heterocycles. The van der Waals surface area contributed by atoms with E-state index in [2.05, 4.69) is 5.32 Å². The van der Waals surface area contributed by atoms with E-state index >= 15 is 0 Å². The largest absolute Gasteiger partial charge is 0.322 e. The van der Waals surface area contributed by atoms with Crippen molar-refractivity contribution in [2.24, 2.45) is 0 Å². The lowest BCUT2D eigenvalue weighted by atomic mass is 10.1. The van der Waals surface area contributed by atoms with Crippen molar-refractivity contribution < 1.29 is 4.79 Å². The summed E-state index contributed by atoms with van der Waals surface area (Å²) in [5.74, 6) is -0.478. The summed E-state index contributed by atoms with van der Waals surface area (Å²) < 4.78 is 1.46. The molecule has 132 valence electrons. The van der Waals surface area contributed by atoms with Gasteiger partial charge in [0.15, 0.2) is 0 Å². The molecule has 3 aromatic rings. The number of rotatable bonds is 4. The topological polar surface area (TPSA) is 51.1 Å². The monoisotopic (exact) mass is 386 g/mol. The van der Waals surface area contributed by atoms with E-state index in [1.165, 1.54) is 10.6 Å². The summed E-state index contributed by atoms with van der Waals surface area (Å²) in [6.07, 6.45) is 1.63. The molecule has 2 aromatic carbocycles. The van der Waals surface area contributed by atoms with Gasteiger partial charge in [0.1, 0.15) is 5.56 Å². The molecule has 0 spiro atoms. The first kappa shape index (κ1) is 18.2. The van der Waals surface area contributed by atoms with E-state index in [0.29, 0.717) is 15.7 Å². The number of nitrogens with zero attached hydrogens (tertiary/aromatic N) is 1. The molecule has 0 aliphatic rings. The molecule has 6 heteroatoms. The summed E-state index contributed by atoms with van der Waals surface area (Å²) in [5, 5.41) is 3.87. The van der Waals surface area contributed by atoms with Gasteiger partial charge in [-0.25, -0.2) is 0 Å². The number of aromatic nitrogens is 1. The second-order valence-corrected chi connectivity index (χ2v) is 6.63. The standard InChI is InChI=1S/C20H16Cl2N2O2/c1-13-16(21)9-4-10-18(13)23-19(25)15-7-5-11-24(20(15)26)12-14-6-2-3-8-17(14)22/h2-11H,12H2,1H3,(H,23,25). The number of hydrogen-bond acceptors (Lipinski definition) is 2. The molecular formula is C20H16Cl2N2O2. The third-order valence-corrected chi connectivity index (χ3v) is 4.86. The van der Waals surface area contributed by atoms with Crippen LogP contribution in [0.25, 0.3) is 0 Å². The van der Waals surface area contributed by atoms with Gasteiger partial charge in [0.05, 0.1) is 6.54 Å². The molecule has 1 aromatic heterocycles. The van der Waals surface area contributed by atoms with E-state index in [0.717, 1.165) is 11.1 Å². The Morgan fingerprint density at radius 1 is 1.00 bits per heavy atom. The number of carbonyl (C=O) groups excluding carboxylic acids is 1. The van der Waals surface area contributed by atoms with Gasteiger partial charge in [0.2, 0.25) is 0 Å². The first-order chi connectivity index (χ1) is 12.5. The van der Waals surface area contributed by atoms with Crippen LogP contribution < -0.4 is 10.9 Å². The van der Waals surface area contributed by atoms with Gasteiger partial charge in [0, 0.05) is 21.9 Å². The summed E-state index contributed by atoms with van der Waals surface area (Å²) in [4.78, 5) is 25.3. The van der Waals surface area contributed by atoms with E-state index in [9.17, 15) is 9.59 Å². The minimum absolute atomic E-state index is 0.0546. The smallest absolute Gasteiger partial charge is 0.263 e. The highest BCUT2D eigenvalue weighted by molar-refractivity contribution is 6.32. The van der Waals surface area contributed by atoms with E-state index in [-0.39, 0.29) is 17.7 Å². The first-order valence-electron chi connectivity index (χ1n) is 7.96. The van der Waals surface area contributed by atoms with Gasteiger partial charge in [-0.05, 0) is 48.4 Å². The van der Waals surface area contributed by atoms with Gasteiger partial charge in [0.25, 0.3) is 11.5 Å².